The van der Waals surface area contributed by atoms with E-state index in [0.717, 1.165) is 37.2 Å². The van der Waals surface area contributed by atoms with E-state index in [0.29, 0.717) is 6.10 Å². The van der Waals surface area contributed by atoms with Crippen molar-refractivity contribution in [2.24, 2.45) is 11.8 Å². The quantitative estimate of drug-likeness (QED) is 0.175. The number of nitriles is 1. The molecule has 0 aromatic heterocycles. The molecule has 0 bridgehead atoms. The minimum Gasteiger partial charge on any atom is -0.378 e. The van der Waals surface area contributed by atoms with Gasteiger partial charge in [-0.1, -0.05) is 56.2 Å². The average molecular weight is 466 g/mol. The van der Waals surface area contributed by atoms with Gasteiger partial charge in [-0.25, -0.2) is 0 Å². The number of aryl methyl sites for hydroxylation is 1. The molecule has 1 aromatic carbocycles. The van der Waals surface area contributed by atoms with E-state index in [9.17, 15) is 4.39 Å². The smallest absolute Gasteiger partial charge is 0.199 e. The molecule has 3 rings (SSSR count). The van der Waals surface area contributed by atoms with E-state index in [4.69, 9.17) is 10.00 Å². The lowest BCUT2D eigenvalue weighted by Gasteiger charge is -2.32. The predicted octanol–water partition coefficient (Wildman–Crippen LogP) is 8.98. The summed E-state index contributed by atoms with van der Waals surface area (Å²) in [4.78, 5) is 0. The number of allylic oxidation sites excluding steroid dienone is 4. The zero-order chi connectivity index (χ0) is 24.0. The van der Waals surface area contributed by atoms with E-state index in [1.165, 1.54) is 100 Å². The Kier molecular flexibility index (Phi) is 11.9. The van der Waals surface area contributed by atoms with Crippen LogP contribution in [0, 0.1) is 23.2 Å². The number of hydrogen-bond acceptors (Lipinski definition) is 2. The first kappa shape index (κ1) is 26.7. The first-order chi connectivity index (χ1) is 16.7. The largest absolute Gasteiger partial charge is 0.378 e. The molecule has 2 nitrogen and oxygen atoms in total. The molecule has 34 heavy (non-hydrogen) atoms. The third kappa shape index (κ3) is 9.38. The highest BCUT2D eigenvalue weighted by atomic mass is 19.1. The molecule has 0 amide bonds. The van der Waals surface area contributed by atoms with Crippen molar-refractivity contribution < 1.29 is 9.13 Å². The number of ether oxygens (including phenoxy) is 1. The Labute approximate surface area is 207 Å². The van der Waals surface area contributed by atoms with Crippen LogP contribution in [0.25, 0.3) is 0 Å². The molecule has 0 N–H and O–H groups in total. The summed E-state index contributed by atoms with van der Waals surface area (Å²) >= 11 is 0. The van der Waals surface area contributed by atoms with Gasteiger partial charge in [-0.2, -0.15) is 9.65 Å². The van der Waals surface area contributed by atoms with Crippen LogP contribution in [-0.4, -0.2) is 12.7 Å². The monoisotopic (exact) mass is 465 g/mol. The van der Waals surface area contributed by atoms with Gasteiger partial charge in [-0.05, 0) is 112 Å². The van der Waals surface area contributed by atoms with Crippen LogP contribution in [-0.2, 0) is 11.2 Å². The first-order valence-corrected chi connectivity index (χ1v) is 13.8. The van der Waals surface area contributed by atoms with Crippen LogP contribution in [0.15, 0.2) is 48.3 Å². The summed E-state index contributed by atoms with van der Waals surface area (Å²) in [7, 11) is 0. The topological polar surface area (TPSA) is 33.0 Å². The van der Waals surface area contributed by atoms with Gasteiger partial charge in [0.15, 0.2) is 5.83 Å². The third-order valence-electron chi connectivity index (χ3n) is 7.96. The Morgan fingerprint density at radius 3 is 2.38 bits per heavy atom. The number of rotatable bonds is 12. The number of halogens is 1. The average Bonchev–Trinajstić information content (AvgIpc) is 2.89. The molecule has 2 aliphatic rings. The summed E-state index contributed by atoms with van der Waals surface area (Å²) in [5.41, 5.74) is 3.03. The number of unbranched alkanes of at least 4 members (excludes halogenated alkanes) is 2. The van der Waals surface area contributed by atoms with E-state index < -0.39 is 5.83 Å². The maximum atomic E-state index is 12.8. The molecule has 0 aliphatic heterocycles. The van der Waals surface area contributed by atoms with Crippen molar-refractivity contribution in [3.05, 3.63) is 59.4 Å². The van der Waals surface area contributed by atoms with E-state index >= 15 is 0 Å². The minimum atomic E-state index is -0.728. The van der Waals surface area contributed by atoms with E-state index in [2.05, 4.69) is 31.2 Å². The highest BCUT2D eigenvalue weighted by Crippen LogP contribution is 2.37. The zero-order valence-corrected chi connectivity index (χ0v) is 21.2. The van der Waals surface area contributed by atoms with Gasteiger partial charge in [0.1, 0.15) is 6.07 Å². The fourth-order valence-electron chi connectivity index (χ4n) is 5.68. The van der Waals surface area contributed by atoms with Crippen LogP contribution in [0.5, 0.6) is 0 Å². The van der Waals surface area contributed by atoms with Crippen molar-refractivity contribution in [1.29, 1.82) is 5.26 Å². The molecule has 1 aromatic rings. The molecule has 0 heterocycles. The molecule has 0 spiro atoms. The van der Waals surface area contributed by atoms with Crippen molar-refractivity contribution >= 4 is 0 Å². The van der Waals surface area contributed by atoms with Crippen molar-refractivity contribution in [2.75, 3.05) is 6.61 Å². The summed E-state index contributed by atoms with van der Waals surface area (Å²) < 4.78 is 19.1. The summed E-state index contributed by atoms with van der Waals surface area (Å²) in [5, 5.41) is 8.40. The molecule has 2 aliphatic carbocycles. The highest BCUT2D eigenvalue weighted by Gasteiger charge is 2.25. The molecular formula is C31H44FNO. The van der Waals surface area contributed by atoms with Crippen LogP contribution in [0.1, 0.15) is 107 Å². The lowest BCUT2D eigenvalue weighted by atomic mass is 9.78. The van der Waals surface area contributed by atoms with Crippen molar-refractivity contribution in [1.82, 2.24) is 0 Å². The lowest BCUT2D eigenvalue weighted by Crippen LogP contribution is -2.25. The Morgan fingerprint density at radius 1 is 1.00 bits per heavy atom. The molecule has 0 saturated heterocycles. The predicted molar refractivity (Wildman–Crippen MR) is 139 cm³/mol. The second kappa shape index (κ2) is 15.2. The lowest BCUT2D eigenvalue weighted by molar-refractivity contribution is -0.00824. The van der Waals surface area contributed by atoms with Crippen molar-refractivity contribution in [3.63, 3.8) is 0 Å². The van der Waals surface area contributed by atoms with Gasteiger partial charge < -0.3 is 4.74 Å². The number of hydrogen-bond donors (Lipinski definition) is 0. The van der Waals surface area contributed by atoms with Gasteiger partial charge in [0.05, 0.1) is 6.10 Å². The standard InChI is InChI=1S/C31H44FNO/c1-2-3-5-8-25-11-17-28(18-12-25)29-19-13-27(14-20-29)24-34-31-21-15-26(16-22-31)9-6-4-7-10-30(32)23-33/h4,7,10-12,17-18,26-27,29,31H,2-3,5-6,8-9,13-16,19-22,24H2,1H3/b7-4+,30-10-. The normalized spacial score (nSPS) is 26.0. The van der Waals surface area contributed by atoms with E-state index in [1.807, 2.05) is 6.08 Å². The van der Waals surface area contributed by atoms with E-state index in [1.54, 1.807) is 6.08 Å². The van der Waals surface area contributed by atoms with Crippen molar-refractivity contribution in [3.8, 4) is 6.07 Å². The van der Waals surface area contributed by atoms with Crippen LogP contribution in [0.4, 0.5) is 4.39 Å². The Bertz CT molecular complexity index is 790. The van der Waals surface area contributed by atoms with Crippen LogP contribution in [0.3, 0.4) is 0 Å². The van der Waals surface area contributed by atoms with Gasteiger partial charge in [-0.15, -0.1) is 0 Å². The van der Waals surface area contributed by atoms with Gasteiger partial charge in [0.25, 0.3) is 0 Å². The first-order valence-electron chi connectivity index (χ1n) is 13.8. The molecule has 0 radical (unpaired) electrons. The SMILES string of the molecule is CCCCCc1ccc(C2CCC(COC3CCC(CC/C=C/C=C(\F)C#N)CC3)CC2)cc1. The molecule has 2 saturated carbocycles. The summed E-state index contributed by atoms with van der Waals surface area (Å²) in [6, 6.07) is 11.0. The number of benzene rings is 1. The van der Waals surface area contributed by atoms with Crippen LogP contribution >= 0.6 is 0 Å². The third-order valence-corrected chi connectivity index (χ3v) is 7.96. The Morgan fingerprint density at radius 2 is 1.71 bits per heavy atom. The fourth-order valence-corrected chi connectivity index (χ4v) is 5.68. The summed E-state index contributed by atoms with van der Waals surface area (Å²) in [5.74, 6) is 1.49. The fraction of sp³-hybridized carbons (Fsp3) is 0.645. The van der Waals surface area contributed by atoms with Gasteiger partial charge in [0, 0.05) is 6.61 Å². The van der Waals surface area contributed by atoms with Gasteiger partial charge in [-0.3, -0.25) is 0 Å². The zero-order valence-electron chi connectivity index (χ0n) is 21.2. The maximum Gasteiger partial charge on any atom is 0.199 e. The van der Waals surface area contributed by atoms with Gasteiger partial charge >= 0.3 is 0 Å². The Hall–Kier alpha value is -1.92. The second-order valence-corrected chi connectivity index (χ2v) is 10.5. The summed E-state index contributed by atoms with van der Waals surface area (Å²) in [6.45, 7) is 3.21. The highest BCUT2D eigenvalue weighted by molar-refractivity contribution is 5.26. The second-order valence-electron chi connectivity index (χ2n) is 10.5. The van der Waals surface area contributed by atoms with E-state index in [-0.39, 0.29) is 0 Å². The molecule has 3 heteroatoms. The van der Waals surface area contributed by atoms with Crippen LogP contribution in [0.2, 0.25) is 0 Å². The molecule has 0 unspecified atom stereocenters. The Balaban J connectivity index is 1.27. The number of nitrogens with zero attached hydrogens (tertiary/aromatic N) is 1. The molecule has 2 fully saturated rings. The molecule has 0 atom stereocenters. The van der Waals surface area contributed by atoms with Gasteiger partial charge in [0.2, 0.25) is 0 Å². The molecule has 186 valence electrons. The maximum absolute atomic E-state index is 12.8. The summed E-state index contributed by atoms with van der Waals surface area (Å²) in [6.07, 6.45) is 22.6. The minimum absolute atomic E-state index is 0.442. The molecular weight excluding hydrogens is 421 g/mol. The van der Waals surface area contributed by atoms with Crippen molar-refractivity contribution in [2.45, 2.75) is 109 Å². The van der Waals surface area contributed by atoms with Crippen LogP contribution < -0.4 is 0 Å².